The van der Waals surface area contributed by atoms with Crippen LogP contribution in [0.3, 0.4) is 0 Å². The Morgan fingerprint density at radius 2 is 2.05 bits per heavy atom. The van der Waals surface area contributed by atoms with Gasteiger partial charge in [0.1, 0.15) is 5.82 Å². The maximum Gasteiger partial charge on any atom is 0.124 e. The highest BCUT2D eigenvalue weighted by Gasteiger charge is 2.22. The molecule has 104 valence electrons. The number of hydrogen-bond acceptors (Lipinski definition) is 1. The maximum atomic E-state index is 6.06. The highest BCUT2D eigenvalue weighted by atomic mass is 127. The van der Waals surface area contributed by atoms with Gasteiger partial charge in [0.2, 0.25) is 0 Å². The minimum Gasteiger partial charge on any atom is -0.327 e. The number of aromatic nitrogens is 2. The standard InChI is InChI=1S/C15H20ClIN2/c1-10(15(2,3)4)9-19-13-6-5-11(17)7-12(13)18-14(19)8-16/h5-7,10H,8-9H2,1-4H3. The van der Waals surface area contributed by atoms with Crippen LogP contribution in [0.4, 0.5) is 0 Å². The summed E-state index contributed by atoms with van der Waals surface area (Å²) in [5.74, 6) is 1.99. The van der Waals surface area contributed by atoms with E-state index in [4.69, 9.17) is 11.6 Å². The summed E-state index contributed by atoms with van der Waals surface area (Å²) in [5, 5.41) is 0. The fourth-order valence-electron chi connectivity index (χ4n) is 2.01. The van der Waals surface area contributed by atoms with Crippen molar-refractivity contribution in [1.29, 1.82) is 0 Å². The van der Waals surface area contributed by atoms with Crippen molar-refractivity contribution in [3.05, 3.63) is 27.6 Å². The minimum atomic E-state index is 0.281. The fraction of sp³-hybridized carbons (Fsp3) is 0.533. The van der Waals surface area contributed by atoms with Crippen molar-refractivity contribution < 1.29 is 0 Å². The van der Waals surface area contributed by atoms with Crippen molar-refractivity contribution in [2.24, 2.45) is 11.3 Å². The van der Waals surface area contributed by atoms with Gasteiger partial charge in [0.25, 0.3) is 0 Å². The molecule has 4 heteroatoms. The van der Waals surface area contributed by atoms with E-state index in [1.807, 2.05) is 0 Å². The van der Waals surface area contributed by atoms with E-state index in [2.05, 4.69) is 78.0 Å². The number of fused-ring (bicyclic) bond motifs is 1. The third-order valence-electron chi connectivity index (χ3n) is 3.84. The third-order valence-corrected chi connectivity index (χ3v) is 4.75. The van der Waals surface area contributed by atoms with E-state index >= 15 is 0 Å². The van der Waals surface area contributed by atoms with Gasteiger partial charge in [-0.05, 0) is 52.1 Å². The number of nitrogens with zero attached hydrogens (tertiary/aromatic N) is 2. The highest BCUT2D eigenvalue weighted by Crippen LogP contribution is 2.29. The summed E-state index contributed by atoms with van der Waals surface area (Å²) in [6.07, 6.45) is 0. The van der Waals surface area contributed by atoms with Crippen LogP contribution in [0.1, 0.15) is 33.5 Å². The van der Waals surface area contributed by atoms with Gasteiger partial charge in [0.15, 0.2) is 0 Å². The molecule has 0 amide bonds. The molecule has 1 atom stereocenters. The van der Waals surface area contributed by atoms with Crippen molar-refractivity contribution >= 4 is 45.2 Å². The van der Waals surface area contributed by atoms with Crippen LogP contribution >= 0.6 is 34.2 Å². The zero-order chi connectivity index (χ0) is 14.2. The first-order valence-electron chi connectivity index (χ1n) is 6.53. The molecule has 1 aromatic heterocycles. The molecule has 0 aliphatic rings. The van der Waals surface area contributed by atoms with Gasteiger partial charge >= 0.3 is 0 Å². The predicted molar refractivity (Wildman–Crippen MR) is 90.6 cm³/mol. The molecule has 1 heterocycles. The molecule has 0 fully saturated rings. The first kappa shape index (κ1) is 15.1. The monoisotopic (exact) mass is 390 g/mol. The molecular weight excluding hydrogens is 371 g/mol. The second kappa shape index (κ2) is 5.60. The SMILES string of the molecule is CC(Cn1c(CCl)nc2cc(I)ccc21)C(C)(C)C. The van der Waals surface area contributed by atoms with Crippen LogP contribution in [-0.2, 0) is 12.4 Å². The van der Waals surface area contributed by atoms with Crippen LogP contribution in [0, 0.1) is 14.9 Å². The first-order chi connectivity index (χ1) is 8.82. The second-order valence-corrected chi connectivity index (χ2v) is 7.69. The highest BCUT2D eigenvalue weighted by molar-refractivity contribution is 14.1. The molecule has 19 heavy (non-hydrogen) atoms. The third kappa shape index (κ3) is 3.24. The van der Waals surface area contributed by atoms with Gasteiger partial charge in [0, 0.05) is 10.1 Å². The van der Waals surface area contributed by atoms with Crippen molar-refractivity contribution in [3.8, 4) is 0 Å². The molecule has 1 aromatic carbocycles. The van der Waals surface area contributed by atoms with E-state index in [0.717, 1.165) is 17.9 Å². The van der Waals surface area contributed by atoms with Gasteiger partial charge in [-0.2, -0.15) is 0 Å². The first-order valence-corrected chi connectivity index (χ1v) is 8.15. The molecule has 0 aliphatic carbocycles. The van der Waals surface area contributed by atoms with Gasteiger partial charge in [-0.15, -0.1) is 11.6 Å². The molecule has 0 spiro atoms. The molecule has 0 saturated carbocycles. The Morgan fingerprint density at radius 1 is 1.37 bits per heavy atom. The largest absolute Gasteiger partial charge is 0.327 e. The van der Waals surface area contributed by atoms with Crippen LogP contribution in [-0.4, -0.2) is 9.55 Å². The quantitative estimate of drug-likeness (QED) is 0.529. The summed E-state index contributed by atoms with van der Waals surface area (Å²) in [6.45, 7) is 10.1. The van der Waals surface area contributed by atoms with Crippen LogP contribution in [0.15, 0.2) is 18.2 Å². The predicted octanol–water partition coefficient (Wildman–Crippen LogP) is 5.06. The van der Waals surface area contributed by atoms with E-state index in [0.29, 0.717) is 11.8 Å². The zero-order valence-electron chi connectivity index (χ0n) is 11.9. The lowest BCUT2D eigenvalue weighted by atomic mass is 9.82. The van der Waals surface area contributed by atoms with Crippen molar-refractivity contribution in [2.45, 2.75) is 40.1 Å². The number of benzene rings is 1. The molecule has 2 aromatic rings. The van der Waals surface area contributed by atoms with E-state index in [1.54, 1.807) is 0 Å². The van der Waals surface area contributed by atoms with E-state index in [9.17, 15) is 0 Å². The number of rotatable bonds is 3. The van der Waals surface area contributed by atoms with Gasteiger partial charge < -0.3 is 4.57 Å². The molecule has 2 rings (SSSR count). The number of halogens is 2. The zero-order valence-corrected chi connectivity index (χ0v) is 14.8. The summed E-state index contributed by atoms with van der Waals surface area (Å²) in [4.78, 5) is 4.65. The lowest BCUT2D eigenvalue weighted by Crippen LogP contribution is -2.23. The molecule has 0 bridgehead atoms. The normalized spacial score (nSPS) is 14.0. The maximum absolute atomic E-state index is 6.06. The van der Waals surface area contributed by atoms with Crippen LogP contribution in [0.25, 0.3) is 11.0 Å². The minimum absolute atomic E-state index is 0.281. The average Bonchev–Trinajstić information content (AvgIpc) is 2.65. The van der Waals surface area contributed by atoms with E-state index in [-0.39, 0.29) is 5.41 Å². The Morgan fingerprint density at radius 3 is 2.63 bits per heavy atom. The molecule has 0 radical (unpaired) electrons. The second-order valence-electron chi connectivity index (χ2n) is 6.17. The number of hydrogen-bond donors (Lipinski definition) is 0. The van der Waals surface area contributed by atoms with E-state index < -0.39 is 0 Å². The van der Waals surface area contributed by atoms with Crippen LogP contribution < -0.4 is 0 Å². The van der Waals surface area contributed by atoms with Crippen molar-refractivity contribution in [2.75, 3.05) is 0 Å². The fourth-order valence-corrected chi connectivity index (χ4v) is 2.69. The Labute approximate surface area is 133 Å². The summed E-state index contributed by atoms with van der Waals surface area (Å²) in [5.41, 5.74) is 2.51. The summed E-state index contributed by atoms with van der Waals surface area (Å²) in [6, 6.07) is 6.39. The smallest absolute Gasteiger partial charge is 0.124 e. The molecule has 0 saturated heterocycles. The summed E-state index contributed by atoms with van der Waals surface area (Å²) in [7, 11) is 0. The molecule has 0 aliphatic heterocycles. The lowest BCUT2D eigenvalue weighted by molar-refractivity contribution is 0.233. The van der Waals surface area contributed by atoms with Gasteiger partial charge in [-0.3, -0.25) is 0 Å². The summed E-state index contributed by atoms with van der Waals surface area (Å²) < 4.78 is 3.48. The average molecular weight is 391 g/mol. The summed E-state index contributed by atoms with van der Waals surface area (Å²) >= 11 is 8.37. The van der Waals surface area contributed by atoms with Gasteiger partial charge in [-0.1, -0.05) is 27.7 Å². The van der Waals surface area contributed by atoms with Crippen LogP contribution in [0.5, 0.6) is 0 Å². The lowest BCUT2D eigenvalue weighted by Gasteiger charge is -2.28. The Bertz CT molecular complexity index is 584. The molecule has 0 N–H and O–H groups in total. The Hall–Kier alpha value is -0.290. The number of imidazole rings is 1. The Balaban J connectivity index is 2.46. The number of alkyl halides is 1. The van der Waals surface area contributed by atoms with Crippen LogP contribution in [0.2, 0.25) is 0 Å². The van der Waals surface area contributed by atoms with E-state index in [1.165, 1.54) is 9.09 Å². The van der Waals surface area contributed by atoms with Crippen molar-refractivity contribution in [3.63, 3.8) is 0 Å². The van der Waals surface area contributed by atoms with Gasteiger partial charge in [-0.25, -0.2) is 4.98 Å². The molecule has 1 unspecified atom stereocenters. The Kier molecular flexibility index (Phi) is 4.45. The topological polar surface area (TPSA) is 17.8 Å². The van der Waals surface area contributed by atoms with Gasteiger partial charge in [0.05, 0.1) is 16.9 Å². The van der Waals surface area contributed by atoms with Crippen molar-refractivity contribution in [1.82, 2.24) is 9.55 Å². The molecular formula is C15H20ClIN2. The molecule has 2 nitrogen and oxygen atoms in total.